The largest absolute Gasteiger partial charge is 0.450 e. The molecule has 86 valence electrons. The van der Waals surface area contributed by atoms with Crippen molar-refractivity contribution in [2.24, 2.45) is 5.92 Å². The van der Waals surface area contributed by atoms with Crippen molar-refractivity contribution in [2.45, 2.75) is 39.7 Å². The quantitative estimate of drug-likeness (QED) is 0.703. The van der Waals surface area contributed by atoms with E-state index in [9.17, 15) is 9.59 Å². The molecule has 0 saturated carbocycles. The molecule has 0 radical (unpaired) electrons. The van der Waals surface area contributed by atoms with Crippen LogP contribution in [0.3, 0.4) is 0 Å². The van der Waals surface area contributed by atoms with Crippen LogP contribution in [0, 0.1) is 5.92 Å². The number of ether oxygens (including phenoxy) is 1. The van der Waals surface area contributed by atoms with Crippen LogP contribution in [0.5, 0.6) is 0 Å². The number of piperidine rings is 1. The highest BCUT2D eigenvalue weighted by molar-refractivity contribution is 5.82. The van der Waals surface area contributed by atoms with Gasteiger partial charge < -0.3 is 9.64 Å². The van der Waals surface area contributed by atoms with Gasteiger partial charge in [0.05, 0.1) is 6.61 Å². The SMILES string of the molecule is CCOC(=O)N1CCC(=O)C[C@H]1C(C)C. The Balaban J connectivity index is 2.68. The summed E-state index contributed by atoms with van der Waals surface area (Å²) in [6.07, 6.45) is 0.641. The van der Waals surface area contributed by atoms with Crippen LogP contribution in [0.15, 0.2) is 0 Å². The zero-order valence-electron chi connectivity index (χ0n) is 9.66. The predicted molar refractivity (Wildman–Crippen MR) is 56.6 cm³/mol. The lowest BCUT2D eigenvalue weighted by atomic mass is 9.92. The molecular weight excluding hydrogens is 194 g/mol. The molecule has 4 nitrogen and oxygen atoms in total. The molecule has 0 N–H and O–H groups in total. The van der Waals surface area contributed by atoms with Crippen LogP contribution in [0.4, 0.5) is 4.79 Å². The minimum absolute atomic E-state index is 0.00491. The van der Waals surface area contributed by atoms with Crippen molar-refractivity contribution in [1.82, 2.24) is 4.90 Å². The number of Topliss-reactive ketones (excluding diaryl/α,β-unsaturated/α-hetero) is 1. The molecule has 1 amide bonds. The highest BCUT2D eigenvalue weighted by Crippen LogP contribution is 2.21. The fourth-order valence-corrected chi connectivity index (χ4v) is 1.89. The standard InChI is InChI=1S/C11H19NO3/c1-4-15-11(14)12-6-5-9(13)7-10(12)8(2)3/h8,10H,4-7H2,1-3H3/t10-/m0/s1. The minimum atomic E-state index is -0.288. The van der Waals surface area contributed by atoms with Crippen LogP contribution in [0.1, 0.15) is 33.6 Å². The van der Waals surface area contributed by atoms with Crippen LogP contribution < -0.4 is 0 Å². The lowest BCUT2D eigenvalue weighted by Crippen LogP contribution is -2.49. The van der Waals surface area contributed by atoms with Crippen LogP contribution in [0.25, 0.3) is 0 Å². The molecule has 0 unspecified atom stereocenters. The zero-order chi connectivity index (χ0) is 11.4. The minimum Gasteiger partial charge on any atom is -0.450 e. The Labute approximate surface area is 90.6 Å². The van der Waals surface area contributed by atoms with E-state index in [0.717, 1.165) is 0 Å². The number of hydrogen-bond acceptors (Lipinski definition) is 3. The second-order valence-corrected chi connectivity index (χ2v) is 4.20. The first-order valence-corrected chi connectivity index (χ1v) is 5.51. The molecule has 1 aliphatic heterocycles. The number of rotatable bonds is 2. The third-order valence-corrected chi connectivity index (χ3v) is 2.74. The highest BCUT2D eigenvalue weighted by atomic mass is 16.6. The van der Waals surface area contributed by atoms with Gasteiger partial charge in [-0.2, -0.15) is 0 Å². The summed E-state index contributed by atoms with van der Waals surface area (Å²) < 4.78 is 4.97. The third kappa shape index (κ3) is 2.94. The molecule has 1 aliphatic rings. The van der Waals surface area contributed by atoms with Gasteiger partial charge in [-0.3, -0.25) is 4.79 Å². The summed E-state index contributed by atoms with van der Waals surface area (Å²) in [6, 6.07) is 0.00491. The first-order valence-electron chi connectivity index (χ1n) is 5.51. The van der Waals surface area contributed by atoms with Crippen LogP contribution in [-0.4, -0.2) is 36.0 Å². The number of hydrogen-bond donors (Lipinski definition) is 0. The van der Waals surface area contributed by atoms with E-state index in [4.69, 9.17) is 4.74 Å². The molecule has 0 bridgehead atoms. The van der Waals surface area contributed by atoms with E-state index in [1.165, 1.54) is 0 Å². The number of ketones is 1. The Morgan fingerprint density at radius 3 is 2.80 bits per heavy atom. The lowest BCUT2D eigenvalue weighted by Gasteiger charge is -2.36. The Morgan fingerprint density at radius 1 is 1.60 bits per heavy atom. The Kier molecular flexibility index (Phi) is 4.12. The van der Waals surface area contributed by atoms with Gasteiger partial charge in [0.25, 0.3) is 0 Å². The molecule has 1 atom stereocenters. The summed E-state index contributed by atoms with van der Waals surface area (Å²) in [4.78, 5) is 24.6. The van der Waals surface area contributed by atoms with Crippen LogP contribution in [-0.2, 0) is 9.53 Å². The zero-order valence-corrected chi connectivity index (χ0v) is 9.66. The maximum atomic E-state index is 11.6. The Bertz CT molecular complexity index is 250. The second kappa shape index (κ2) is 5.14. The van der Waals surface area contributed by atoms with Gasteiger partial charge in [-0.25, -0.2) is 4.79 Å². The molecule has 4 heteroatoms. The van der Waals surface area contributed by atoms with Crippen molar-refractivity contribution in [2.75, 3.05) is 13.2 Å². The van der Waals surface area contributed by atoms with Gasteiger partial charge >= 0.3 is 6.09 Å². The molecule has 1 saturated heterocycles. The first kappa shape index (κ1) is 12.0. The fourth-order valence-electron chi connectivity index (χ4n) is 1.89. The average Bonchev–Trinajstić information content (AvgIpc) is 2.17. The first-order chi connectivity index (χ1) is 7.06. The monoisotopic (exact) mass is 213 g/mol. The summed E-state index contributed by atoms with van der Waals surface area (Å²) in [5, 5.41) is 0. The topological polar surface area (TPSA) is 46.6 Å². The van der Waals surface area contributed by atoms with Crippen LogP contribution >= 0.6 is 0 Å². The van der Waals surface area contributed by atoms with Gasteiger partial charge in [0.2, 0.25) is 0 Å². The molecule has 15 heavy (non-hydrogen) atoms. The van der Waals surface area contributed by atoms with Gasteiger partial charge in [-0.1, -0.05) is 13.8 Å². The van der Waals surface area contributed by atoms with Gasteiger partial charge in [0, 0.05) is 25.4 Å². The number of amides is 1. The Hall–Kier alpha value is -1.06. The Morgan fingerprint density at radius 2 is 2.27 bits per heavy atom. The van der Waals surface area contributed by atoms with Crippen molar-refractivity contribution < 1.29 is 14.3 Å². The van der Waals surface area contributed by atoms with E-state index >= 15 is 0 Å². The number of likely N-dealkylation sites (tertiary alicyclic amines) is 1. The lowest BCUT2D eigenvalue weighted by molar-refractivity contribution is -0.123. The summed E-state index contributed by atoms with van der Waals surface area (Å²) >= 11 is 0. The summed E-state index contributed by atoms with van der Waals surface area (Å²) in [7, 11) is 0. The van der Waals surface area contributed by atoms with Gasteiger partial charge in [-0.05, 0) is 12.8 Å². The molecule has 0 spiro atoms. The molecule has 0 aromatic carbocycles. The number of nitrogens with zero attached hydrogens (tertiary/aromatic N) is 1. The predicted octanol–water partition coefficient (Wildman–Crippen LogP) is 1.83. The van der Waals surface area contributed by atoms with E-state index < -0.39 is 0 Å². The molecule has 1 rings (SSSR count). The molecule has 1 fully saturated rings. The molecule has 0 aliphatic carbocycles. The van der Waals surface area contributed by atoms with E-state index in [1.54, 1.807) is 11.8 Å². The maximum absolute atomic E-state index is 11.6. The normalized spacial score (nSPS) is 22.0. The van der Waals surface area contributed by atoms with Gasteiger partial charge in [-0.15, -0.1) is 0 Å². The van der Waals surface area contributed by atoms with E-state index in [0.29, 0.717) is 31.9 Å². The van der Waals surface area contributed by atoms with Crippen molar-refractivity contribution in [3.63, 3.8) is 0 Å². The van der Waals surface area contributed by atoms with Crippen molar-refractivity contribution in [3.05, 3.63) is 0 Å². The molecule has 1 heterocycles. The smallest absolute Gasteiger partial charge is 0.410 e. The van der Waals surface area contributed by atoms with Crippen molar-refractivity contribution >= 4 is 11.9 Å². The molecular formula is C11H19NO3. The molecule has 0 aromatic heterocycles. The van der Waals surface area contributed by atoms with Gasteiger partial charge in [0.1, 0.15) is 5.78 Å². The van der Waals surface area contributed by atoms with Crippen LogP contribution in [0.2, 0.25) is 0 Å². The summed E-state index contributed by atoms with van der Waals surface area (Å²) in [5.41, 5.74) is 0. The van der Waals surface area contributed by atoms with Gasteiger partial charge in [0.15, 0.2) is 0 Å². The highest BCUT2D eigenvalue weighted by Gasteiger charge is 2.33. The second-order valence-electron chi connectivity index (χ2n) is 4.20. The number of carbonyl (C=O) groups is 2. The third-order valence-electron chi connectivity index (χ3n) is 2.74. The van der Waals surface area contributed by atoms with E-state index in [1.807, 2.05) is 13.8 Å². The van der Waals surface area contributed by atoms with Crippen molar-refractivity contribution in [3.8, 4) is 0 Å². The molecule has 0 aromatic rings. The average molecular weight is 213 g/mol. The summed E-state index contributed by atoms with van der Waals surface area (Å²) in [6.45, 7) is 6.72. The number of carbonyl (C=O) groups excluding carboxylic acids is 2. The van der Waals surface area contributed by atoms with E-state index in [2.05, 4.69) is 0 Å². The fraction of sp³-hybridized carbons (Fsp3) is 0.818. The van der Waals surface area contributed by atoms with Crippen molar-refractivity contribution in [1.29, 1.82) is 0 Å². The maximum Gasteiger partial charge on any atom is 0.410 e. The summed E-state index contributed by atoms with van der Waals surface area (Å²) in [5.74, 6) is 0.535. The van der Waals surface area contributed by atoms with E-state index in [-0.39, 0.29) is 17.9 Å².